The average molecular weight is 402 g/mol. The minimum absolute atomic E-state index is 0.273. The standard InChI is InChI=1S/C19H13Cl2N3OS/c1-11-4-2-8-24-17(11)22-16(15-5-3-9-26-15)18(24)23-19(25)12-6-7-13(20)14(21)10-12/h2-10H,1H3,(H,23,25). The van der Waals surface area contributed by atoms with E-state index in [-0.39, 0.29) is 5.91 Å². The molecule has 4 nitrogen and oxygen atoms in total. The molecule has 1 aromatic carbocycles. The van der Waals surface area contributed by atoms with Gasteiger partial charge >= 0.3 is 0 Å². The van der Waals surface area contributed by atoms with Gasteiger partial charge in [0.1, 0.15) is 17.2 Å². The lowest BCUT2D eigenvalue weighted by atomic mass is 10.2. The third-order valence-corrected chi connectivity index (χ3v) is 5.63. The number of fused-ring (bicyclic) bond motifs is 1. The van der Waals surface area contributed by atoms with Crippen molar-refractivity contribution in [2.24, 2.45) is 0 Å². The summed E-state index contributed by atoms with van der Waals surface area (Å²) >= 11 is 13.6. The van der Waals surface area contributed by atoms with Crippen LogP contribution in [0.4, 0.5) is 5.82 Å². The third-order valence-electron chi connectivity index (χ3n) is 4.01. The molecule has 0 saturated carbocycles. The summed E-state index contributed by atoms with van der Waals surface area (Å²) in [5, 5.41) is 5.71. The molecule has 3 heterocycles. The summed E-state index contributed by atoms with van der Waals surface area (Å²) < 4.78 is 1.89. The van der Waals surface area contributed by atoms with Crippen LogP contribution in [0.3, 0.4) is 0 Å². The van der Waals surface area contributed by atoms with Gasteiger partial charge in [-0.25, -0.2) is 4.98 Å². The molecule has 3 aromatic heterocycles. The molecule has 0 saturated heterocycles. The summed E-state index contributed by atoms with van der Waals surface area (Å²) in [5.74, 6) is 0.354. The number of aromatic nitrogens is 2. The van der Waals surface area contributed by atoms with E-state index in [9.17, 15) is 4.79 Å². The first-order valence-corrected chi connectivity index (χ1v) is 9.46. The highest BCUT2D eigenvalue weighted by atomic mass is 35.5. The molecule has 130 valence electrons. The Morgan fingerprint density at radius 1 is 1.15 bits per heavy atom. The first-order chi connectivity index (χ1) is 12.5. The molecular weight excluding hydrogens is 389 g/mol. The van der Waals surface area contributed by atoms with Crippen LogP contribution in [0, 0.1) is 6.92 Å². The number of halogens is 2. The van der Waals surface area contributed by atoms with Gasteiger partial charge < -0.3 is 5.32 Å². The summed E-state index contributed by atoms with van der Waals surface area (Å²) in [4.78, 5) is 18.5. The first kappa shape index (κ1) is 17.1. The second-order valence-corrected chi connectivity index (χ2v) is 7.52. The lowest BCUT2D eigenvalue weighted by molar-refractivity contribution is 0.102. The second-order valence-electron chi connectivity index (χ2n) is 5.75. The van der Waals surface area contributed by atoms with Gasteiger partial charge in [-0.2, -0.15) is 0 Å². The summed E-state index contributed by atoms with van der Waals surface area (Å²) in [6, 6.07) is 12.7. The van der Waals surface area contributed by atoms with Crippen molar-refractivity contribution in [2.75, 3.05) is 5.32 Å². The van der Waals surface area contributed by atoms with Crippen LogP contribution >= 0.6 is 34.5 Å². The van der Waals surface area contributed by atoms with E-state index in [0.29, 0.717) is 21.4 Å². The zero-order valence-electron chi connectivity index (χ0n) is 13.7. The molecule has 0 aliphatic carbocycles. The van der Waals surface area contributed by atoms with Crippen molar-refractivity contribution in [3.8, 4) is 10.6 Å². The monoisotopic (exact) mass is 401 g/mol. The van der Waals surface area contributed by atoms with E-state index in [1.54, 1.807) is 29.5 Å². The quantitative estimate of drug-likeness (QED) is 0.462. The van der Waals surface area contributed by atoms with Gasteiger partial charge in [0.25, 0.3) is 5.91 Å². The summed E-state index contributed by atoms with van der Waals surface area (Å²) in [7, 11) is 0. The Labute approximate surface area is 164 Å². The number of aryl methyl sites for hydroxylation is 1. The van der Waals surface area contributed by atoms with Crippen molar-refractivity contribution in [2.45, 2.75) is 6.92 Å². The predicted molar refractivity (Wildman–Crippen MR) is 108 cm³/mol. The van der Waals surface area contributed by atoms with Gasteiger partial charge in [0, 0.05) is 11.8 Å². The van der Waals surface area contributed by atoms with Gasteiger partial charge in [0.2, 0.25) is 0 Å². The molecule has 0 aliphatic heterocycles. The van der Waals surface area contributed by atoms with Crippen LogP contribution in [0.2, 0.25) is 10.0 Å². The van der Waals surface area contributed by atoms with E-state index in [4.69, 9.17) is 28.2 Å². The number of imidazole rings is 1. The van der Waals surface area contributed by atoms with Crippen LogP contribution < -0.4 is 5.32 Å². The van der Waals surface area contributed by atoms with Crippen LogP contribution in [-0.4, -0.2) is 15.3 Å². The lowest BCUT2D eigenvalue weighted by Gasteiger charge is -2.08. The minimum Gasteiger partial charge on any atom is -0.306 e. The maximum Gasteiger partial charge on any atom is 0.256 e. The molecule has 0 aliphatic rings. The number of benzene rings is 1. The summed E-state index contributed by atoms with van der Waals surface area (Å²) in [6.45, 7) is 1.99. The molecule has 0 radical (unpaired) electrons. The van der Waals surface area contributed by atoms with Crippen molar-refractivity contribution in [1.82, 2.24) is 9.38 Å². The molecule has 1 amide bonds. The van der Waals surface area contributed by atoms with Crippen molar-refractivity contribution in [3.05, 3.63) is 75.2 Å². The van der Waals surface area contributed by atoms with Gasteiger partial charge in [0.05, 0.1) is 14.9 Å². The fourth-order valence-corrected chi connectivity index (χ4v) is 3.74. The van der Waals surface area contributed by atoms with Gasteiger partial charge in [-0.1, -0.05) is 35.3 Å². The van der Waals surface area contributed by atoms with E-state index >= 15 is 0 Å². The van der Waals surface area contributed by atoms with Gasteiger partial charge in [0.15, 0.2) is 0 Å². The number of amides is 1. The highest BCUT2D eigenvalue weighted by molar-refractivity contribution is 7.13. The number of nitrogens with zero attached hydrogens (tertiary/aromatic N) is 2. The topological polar surface area (TPSA) is 46.4 Å². The third kappa shape index (κ3) is 2.98. The van der Waals surface area contributed by atoms with Crippen LogP contribution in [0.25, 0.3) is 16.2 Å². The zero-order valence-corrected chi connectivity index (χ0v) is 16.0. The molecule has 1 N–H and O–H groups in total. The molecule has 0 bridgehead atoms. The number of rotatable bonds is 3. The Morgan fingerprint density at radius 2 is 2.00 bits per heavy atom. The number of anilines is 1. The van der Waals surface area contributed by atoms with Gasteiger partial charge in [-0.15, -0.1) is 11.3 Å². The van der Waals surface area contributed by atoms with Crippen LogP contribution in [-0.2, 0) is 0 Å². The normalized spacial score (nSPS) is 11.0. The Morgan fingerprint density at radius 3 is 2.73 bits per heavy atom. The Bertz CT molecular complexity index is 1120. The molecule has 4 aromatic rings. The number of nitrogens with one attached hydrogen (secondary N) is 1. The molecule has 0 spiro atoms. The smallest absolute Gasteiger partial charge is 0.256 e. The summed E-state index contributed by atoms with van der Waals surface area (Å²) in [5.41, 5.74) is 3.00. The molecule has 26 heavy (non-hydrogen) atoms. The van der Waals surface area contributed by atoms with E-state index < -0.39 is 0 Å². The van der Waals surface area contributed by atoms with E-state index in [0.717, 1.165) is 21.8 Å². The lowest BCUT2D eigenvalue weighted by Crippen LogP contribution is -2.14. The number of hydrogen-bond acceptors (Lipinski definition) is 3. The molecule has 0 unspecified atom stereocenters. The fourth-order valence-electron chi connectivity index (χ4n) is 2.73. The van der Waals surface area contributed by atoms with Crippen molar-refractivity contribution < 1.29 is 4.79 Å². The largest absolute Gasteiger partial charge is 0.306 e. The summed E-state index contributed by atoms with van der Waals surface area (Å²) in [6.07, 6.45) is 1.89. The average Bonchev–Trinajstić information content (AvgIpc) is 3.26. The molecule has 7 heteroatoms. The Balaban J connectivity index is 1.82. The Hall–Kier alpha value is -2.34. The number of carbonyl (C=O) groups is 1. The number of hydrogen-bond donors (Lipinski definition) is 1. The maximum absolute atomic E-state index is 12.8. The highest BCUT2D eigenvalue weighted by Crippen LogP contribution is 2.33. The molecule has 0 atom stereocenters. The molecule has 4 rings (SSSR count). The SMILES string of the molecule is Cc1cccn2c(NC(=O)c3ccc(Cl)c(Cl)c3)c(-c3cccs3)nc12. The molecule has 0 fully saturated rings. The van der Waals surface area contributed by atoms with Gasteiger partial charge in [-0.05, 0) is 48.2 Å². The Kier molecular flexibility index (Phi) is 4.44. The maximum atomic E-state index is 12.8. The van der Waals surface area contributed by atoms with Gasteiger partial charge in [-0.3, -0.25) is 9.20 Å². The minimum atomic E-state index is -0.273. The van der Waals surface area contributed by atoms with E-state index in [2.05, 4.69) is 5.32 Å². The first-order valence-electron chi connectivity index (χ1n) is 7.82. The van der Waals surface area contributed by atoms with Crippen LogP contribution in [0.5, 0.6) is 0 Å². The van der Waals surface area contributed by atoms with Crippen molar-refractivity contribution >= 4 is 51.9 Å². The van der Waals surface area contributed by atoms with Crippen LogP contribution in [0.15, 0.2) is 54.0 Å². The molecular formula is C19H13Cl2N3OS. The van der Waals surface area contributed by atoms with Crippen molar-refractivity contribution in [3.63, 3.8) is 0 Å². The van der Waals surface area contributed by atoms with E-state index in [1.165, 1.54) is 0 Å². The number of pyridine rings is 1. The second kappa shape index (κ2) is 6.76. The number of carbonyl (C=O) groups excluding carboxylic acids is 1. The van der Waals surface area contributed by atoms with Crippen molar-refractivity contribution in [1.29, 1.82) is 0 Å². The zero-order chi connectivity index (χ0) is 18.3. The van der Waals surface area contributed by atoms with E-state index in [1.807, 2.05) is 47.2 Å². The predicted octanol–water partition coefficient (Wildman–Crippen LogP) is 5.93. The highest BCUT2D eigenvalue weighted by Gasteiger charge is 2.19. The number of thiophene rings is 1. The fraction of sp³-hybridized carbons (Fsp3) is 0.0526. The van der Waals surface area contributed by atoms with Crippen LogP contribution in [0.1, 0.15) is 15.9 Å².